The van der Waals surface area contributed by atoms with Crippen LogP contribution in [0.3, 0.4) is 0 Å². The Morgan fingerprint density at radius 3 is 2.57 bits per heavy atom. The number of benzene rings is 2. The lowest BCUT2D eigenvalue weighted by molar-refractivity contribution is 0.0536. The largest absolute Gasteiger partial charge is 0.493 e. The zero-order chi connectivity index (χ0) is 26.7. The molecule has 0 saturated carbocycles. The number of hydrogen-bond acceptors (Lipinski definition) is 7. The monoisotopic (exact) mass is 624 g/mol. The van der Waals surface area contributed by atoms with Gasteiger partial charge >= 0.3 is 5.69 Å². The Kier molecular flexibility index (Phi) is 8.32. The maximum Gasteiger partial charge on any atom is 0.329 e. The van der Waals surface area contributed by atoms with Gasteiger partial charge in [-0.15, -0.1) is 0 Å². The normalized spacial score (nSPS) is 13.9. The molecule has 12 heteroatoms. The fourth-order valence-electron chi connectivity index (χ4n) is 3.88. The van der Waals surface area contributed by atoms with Crippen LogP contribution >= 0.6 is 22.6 Å². The van der Waals surface area contributed by atoms with Crippen LogP contribution in [0.2, 0.25) is 0 Å². The van der Waals surface area contributed by atoms with E-state index >= 15 is 0 Å². The van der Waals surface area contributed by atoms with Crippen molar-refractivity contribution in [3.63, 3.8) is 0 Å². The van der Waals surface area contributed by atoms with Crippen molar-refractivity contribution in [2.75, 3.05) is 20.3 Å². The minimum absolute atomic E-state index is 0.0812. The van der Waals surface area contributed by atoms with E-state index in [0.29, 0.717) is 28.4 Å². The van der Waals surface area contributed by atoms with Gasteiger partial charge in [0, 0.05) is 21.8 Å². The van der Waals surface area contributed by atoms with Crippen LogP contribution in [0.15, 0.2) is 53.5 Å². The van der Waals surface area contributed by atoms with E-state index in [0.717, 1.165) is 8.14 Å². The van der Waals surface area contributed by atoms with Gasteiger partial charge in [0.05, 0.1) is 24.6 Å². The summed E-state index contributed by atoms with van der Waals surface area (Å²) >= 11 is 2.02. The molecule has 0 amide bonds. The van der Waals surface area contributed by atoms with E-state index in [1.807, 2.05) is 22.6 Å². The second-order valence-corrected chi connectivity index (χ2v) is 9.61. The zero-order valence-electron chi connectivity index (χ0n) is 20.0. The Labute approximate surface area is 224 Å². The van der Waals surface area contributed by atoms with Gasteiger partial charge in [-0.25, -0.2) is 18.7 Å². The number of imidazole rings is 2. The van der Waals surface area contributed by atoms with Crippen LogP contribution in [0.4, 0.5) is 4.39 Å². The molecular formula is C25H26FIN4O6. The van der Waals surface area contributed by atoms with Crippen molar-refractivity contribution in [1.82, 2.24) is 19.5 Å². The average molecular weight is 624 g/mol. The van der Waals surface area contributed by atoms with E-state index in [-0.39, 0.29) is 18.2 Å². The summed E-state index contributed by atoms with van der Waals surface area (Å²) in [5, 5.41) is 29.4. The Morgan fingerprint density at radius 1 is 1.19 bits per heavy atom. The third kappa shape index (κ3) is 5.71. The lowest BCUT2D eigenvalue weighted by Crippen LogP contribution is -2.32. The Bertz CT molecular complexity index is 1420. The minimum atomic E-state index is -1.00. The highest BCUT2D eigenvalue weighted by atomic mass is 127. The van der Waals surface area contributed by atoms with Crippen molar-refractivity contribution in [3.05, 3.63) is 74.4 Å². The predicted molar refractivity (Wildman–Crippen MR) is 142 cm³/mol. The Morgan fingerprint density at radius 2 is 1.92 bits per heavy atom. The number of ether oxygens (including phenoxy) is 2. The number of hydrogen-bond donors (Lipinski definition) is 5. The molecule has 37 heavy (non-hydrogen) atoms. The molecule has 4 rings (SSSR count). The average Bonchev–Trinajstić information content (AvgIpc) is 3.48. The van der Waals surface area contributed by atoms with E-state index < -0.39 is 36.4 Å². The molecule has 0 fully saturated rings. The summed E-state index contributed by atoms with van der Waals surface area (Å²) in [6.45, 7) is 1.23. The van der Waals surface area contributed by atoms with Crippen molar-refractivity contribution in [3.8, 4) is 34.1 Å². The molecule has 10 nitrogen and oxygen atoms in total. The number of methoxy groups -OCH3 is 1. The van der Waals surface area contributed by atoms with E-state index in [4.69, 9.17) is 14.6 Å². The number of halogens is 2. The number of nitrogens with one attached hydrogen (secondary N) is 2. The smallest absolute Gasteiger partial charge is 0.329 e. The van der Waals surface area contributed by atoms with Gasteiger partial charge in [-0.1, -0.05) is 0 Å². The van der Waals surface area contributed by atoms with Gasteiger partial charge < -0.3 is 34.8 Å². The van der Waals surface area contributed by atoms with Gasteiger partial charge in [-0.3, -0.25) is 0 Å². The summed E-state index contributed by atoms with van der Waals surface area (Å²) in [4.78, 5) is 23.2. The van der Waals surface area contributed by atoms with Crippen LogP contribution < -0.4 is 10.4 Å². The number of aliphatic hydroxyl groups is 2. The lowest BCUT2D eigenvalue weighted by atomic mass is 10.1. The van der Waals surface area contributed by atoms with Gasteiger partial charge in [0.25, 0.3) is 0 Å². The number of aromatic amines is 2. The van der Waals surface area contributed by atoms with Crippen LogP contribution in [-0.2, 0) is 4.74 Å². The van der Waals surface area contributed by atoms with E-state index in [9.17, 15) is 19.4 Å². The highest BCUT2D eigenvalue weighted by Gasteiger charge is 2.30. The summed E-state index contributed by atoms with van der Waals surface area (Å²) in [5.41, 5.74) is 0.834. The Hall–Kier alpha value is -3.20. The van der Waals surface area contributed by atoms with Gasteiger partial charge in [0.15, 0.2) is 0 Å². The summed E-state index contributed by atoms with van der Waals surface area (Å²) in [7, 11) is 1.47. The topological polar surface area (TPSA) is 146 Å². The molecule has 0 aliphatic carbocycles. The van der Waals surface area contributed by atoms with E-state index in [1.54, 1.807) is 43.3 Å². The van der Waals surface area contributed by atoms with Gasteiger partial charge in [-0.2, -0.15) is 0 Å². The van der Waals surface area contributed by atoms with Crippen LogP contribution in [0.25, 0.3) is 22.5 Å². The summed E-state index contributed by atoms with van der Waals surface area (Å²) in [5.74, 6) is -0.00636. The molecule has 0 saturated heterocycles. The number of H-pyrrole nitrogens is 2. The van der Waals surface area contributed by atoms with Crippen LogP contribution in [0.5, 0.6) is 11.6 Å². The molecule has 2 aromatic heterocycles. The number of rotatable bonds is 10. The molecule has 196 valence electrons. The third-order valence-corrected chi connectivity index (χ3v) is 6.56. The number of aromatic hydroxyl groups is 1. The molecule has 0 unspecified atom stereocenters. The second-order valence-electron chi connectivity index (χ2n) is 8.36. The van der Waals surface area contributed by atoms with Crippen molar-refractivity contribution < 1.29 is 29.2 Å². The highest BCUT2D eigenvalue weighted by molar-refractivity contribution is 14.1. The highest BCUT2D eigenvalue weighted by Crippen LogP contribution is 2.33. The van der Waals surface area contributed by atoms with Crippen molar-refractivity contribution in [2.45, 2.75) is 25.2 Å². The third-order valence-electron chi connectivity index (χ3n) is 5.89. The van der Waals surface area contributed by atoms with E-state index in [1.165, 1.54) is 19.4 Å². The molecule has 2 heterocycles. The minimum Gasteiger partial charge on any atom is -0.493 e. The maximum atomic E-state index is 14.5. The molecule has 0 aliphatic heterocycles. The second kappa shape index (κ2) is 11.5. The first-order valence-corrected chi connectivity index (χ1v) is 12.4. The molecule has 3 atom stereocenters. The fraction of sp³-hybridized carbons (Fsp3) is 0.280. The summed E-state index contributed by atoms with van der Waals surface area (Å²) in [6.07, 6.45) is -0.127. The molecule has 0 aliphatic rings. The van der Waals surface area contributed by atoms with Gasteiger partial charge in [0.1, 0.15) is 41.8 Å². The molecule has 0 bridgehead atoms. The zero-order valence-corrected chi connectivity index (χ0v) is 22.1. The van der Waals surface area contributed by atoms with Crippen molar-refractivity contribution >= 4 is 22.6 Å². The number of nitrogens with zero attached hydrogens (tertiary/aromatic N) is 2. The Balaban J connectivity index is 1.68. The van der Waals surface area contributed by atoms with Crippen LogP contribution in [0.1, 0.15) is 18.8 Å². The standard InChI is InChI=1S/C25H26FIN4O6/c1-13(36-2)22(23-28-10-20(29-23)18-8-5-15(27)9-19(18)26)31-24(34)21(30-25(31)35)14-3-6-17(7-4-14)37-12-16(33)11-32/h3-10,13,16,22,32-34H,11-12H2,1-2H3,(H,28,29)(H,30,35)/t13-,16-,22+/m1/s1. The predicted octanol–water partition coefficient (Wildman–Crippen LogP) is 3.04. The number of aliphatic hydroxyl groups excluding tert-OH is 2. The molecule has 2 aromatic carbocycles. The lowest BCUT2D eigenvalue weighted by Gasteiger charge is -2.22. The first-order chi connectivity index (χ1) is 17.7. The van der Waals surface area contributed by atoms with Gasteiger partial charge in [0.2, 0.25) is 5.88 Å². The molecule has 4 aromatic rings. The maximum absolute atomic E-state index is 14.5. The van der Waals surface area contributed by atoms with Crippen LogP contribution in [-0.4, -0.2) is 67.4 Å². The van der Waals surface area contributed by atoms with Crippen LogP contribution in [0, 0.1) is 9.39 Å². The van der Waals surface area contributed by atoms with E-state index in [2.05, 4.69) is 15.0 Å². The molecule has 5 N–H and O–H groups in total. The number of aromatic nitrogens is 4. The molecule has 0 radical (unpaired) electrons. The summed E-state index contributed by atoms with van der Waals surface area (Å²) in [6, 6.07) is 10.4. The quantitative estimate of drug-likeness (QED) is 0.171. The molecule has 0 spiro atoms. The van der Waals surface area contributed by atoms with Crippen molar-refractivity contribution in [1.29, 1.82) is 0 Å². The van der Waals surface area contributed by atoms with Crippen molar-refractivity contribution in [2.24, 2.45) is 0 Å². The summed E-state index contributed by atoms with van der Waals surface area (Å²) < 4.78 is 27.3. The fourth-order valence-corrected chi connectivity index (χ4v) is 4.33. The SMILES string of the molecule is CO[C@H](C)[C@@H](c1ncc(-c2ccc(I)cc2F)[nH]1)n1c(O)c(-c2ccc(OC[C@H](O)CO)cc2)[nH]c1=O. The molecular weight excluding hydrogens is 598 g/mol. The first-order valence-electron chi connectivity index (χ1n) is 11.3. The first kappa shape index (κ1) is 26.9. The van der Waals surface area contributed by atoms with Gasteiger partial charge in [-0.05, 0) is 72.0 Å².